The molecule has 0 bridgehead atoms. The van der Waals surface area contributed by atoms with Crippen molar-refractivity contribution >= 4 is 5.91 Å². The molecule has 1 amide bonds. The summed E-state index contributed by atoms with van der Waals surface area (Å²) in [5.41, 5.74) is 1.62. The molecule has 2 heterocycles. The van der Waals surface area contributed by atoms with Gasteiger partial charge in [0.1, 0.15) is 18.2 Å². The van der Waals surface area contributed by atoms with E-state index >= 15 is 0 Å². The molecule has 2 fully saturated rings. The van der Waals surface area contributed by atoms with Gasteiger partial charge in [0.2, 0.25) is 0 Å². The number of carbonyl (C=O) groups is 1. The Bertz CT molecular complexity index is 785. The molecule has 1 unspecified atom stereocenters. The van der Waals surface area contributed by atoms with Gasteiger partial charge >= 0.3 is 0 Å². The van der Waals surface area contributed by atoms with E-state index in [1.807, 2.05) is 29.2 Å². The maximum atomic E-state index is 13.0. The van der Waals surface area contributed by atoms with E-state index in [0.29, 0.717) is 24.0 Å². The van der Waals surface area contributed by atoms with Crippen LogP contribution in [0.25, 0.3) is 0 Å². The lowest BCUT2D eigenvalue weighted by Crippen LogP contribution is -2.42. The van der Waals surface area contributed by atoms with Crippen molar-refractivity contribution in [2.45, 2.75) is 38.3 Å². The van der Waals surface area contributed by atoms with Crippen LogP contribution in [0.4, 0.5) is 4.39 Å². The highest BCUT2D eigenvalue weighted by Crippen LogP contribution is 2.23. The molecule has 0 saturated carbocycles. The summed E-state index contributed by atoms with van der Waals surface area (Å²) in [5, 5.41) is 0. The van der Waals surface area contributed by atoms with E-state index in [9.17, 15) is 9.18 Å². The largest absolute Gasteiger partial charge is 0.489 e. The SMILES string of the molecule is O=C(c1ccc(OCc2ccc(F)cc2)cc1)N1CCCC1CN1CCCC1. The smallest absolute Gasteiger partial charge is 0.254 e. The van der Waals surface area contributed by atoms with Gasteiger partial charge in [0.15, 0.2) is 0 Å². The van der Waals surface area contributed by atoms with Crippen molar-refractivity contribution in [2.24, 2.45) is 0 Å². The van der Waals surface area contributed by atoms with Crippen LogP contribution in [0.3, 0.4) is 0 Å². The van der Waals surface area contributed by atoms with Crippen molar-refractivity contribution in [2.75, 3.05) is 26.2 Å². The Balaban J connectivity index is 1.34. The molecule has 1 atom stereocenters. The molecule has 2 saturated heterocycles. The lowest BCUT2D eigenvalue weighted by Gasteiger charge is -2.28. The molecule has 4 rings (SSSR count). The minimum absolute atomic E-state index is 0.117. The minimum Gasteiger partial charge on any atom is -0.489 e. The Hall–Kier alpha value is -2.40. The third kappa shape index (κ3) is 4.53. The highest BCUT2D eigenvalue weighted by atomic mass is 19.1. The second-order valence-electron chi connectivity index (χ2n) is 7.74. The summed E-state index contributed by atoms with van der Waals surface area (Å²) < 4.78 is 18.7. The number of nitrogens with zero attached hydrogens (tertiary/aromatic N) is 2. The molecule has 0 N–H and O–H groups in total. The first-order valence-electron chi connectivity index (χ1n) is 10.2. The van der Waals surface area contributed by atoms with Crippen LogP contribution in [0.2, 0.25) is 0 Å². The van der Waals surface area contributed by atoms with Crippen molar-refractivity contribution in [1.29, 1.82) is 0 Å². The van der Waals surface area contributed by atoms with Crippen LogP contribution in [0, 0.1) is 5.82 Å². The van der Waals surface area contributed by atoms with E-state index in [2.05, 4.69) is 4.90 Å². The summed E-state index contributed by atoms with van der Waals surface area (Å²) in [5.74, 6) is 0.569. The molecular weight excluding hydrogens is 355 g/mol. The zero-order valence-electron chi connectivity index (χ0n) is 16.1. The fraction of sp³-hybridized carbons (Fsp3) is 0.435. The van der Waals surface area contributed by atoms with E-state index in [1.165, 1.54) is 38.1 Å². The lowest BCUT2D eigenvalue weighted by atomic mass is 10.1. The van der Waals surface area contributed by atoms with Gasteiger partial charge in [0.25, 0.3) is 5.91 Å². The van der Waals surface area contributed by atoms with Crippen LogP contribution in [0.1, 0.15) is 41.6 Å². The fourth-order valence-electron chi connectivity index (χ4n) is 4.16. The maximum Gasteiger partial charge on any atom is 0.254 e. The topological polar surface area (TPSA) is 32.8 Å². The Labute approximate surface area is 165 Å². The lowest BCUT2D eigenvalue weighted by molar-refractivity contribution is 0.0708. The maximum absolute atomic E-state index is 13.0. The van der Waals surface area contributed by atoms with Crippen molar-refractivity contribution in [3.8, 4) is 5.75 Å². The predicted octanol–water partition coefficient (Wildman–Crippen LogP) is 4.11. The Morgan fingerprint density at radius 3 is 2.39 bits per heavy atom. The van der Waals surface area contributed by atoms with E-state index < -0.39 is 0 Å². The summed E-state index contributed by atoms with van der Waals surface area (Å²) in [7, 11) is 0. The highest BCUT2D eigenvalue weighted by molar-refractivity contribution is 5.94. The van der Waals surface area contributed by atoms with Crippen molar-refractivity contribution < 1.29 is 13.9 Å². The van der Waals surface area contributed by atoms with Gasteiger partial charge in [0.05, 0.1) is 0 Å². The van der Waals surface area contributed by atoms with Crippen LogP contribution in [-0.4, -0.2) is 47.9 Å². The first-order chi connectivity index (χ1) is 13.7. The van der Waals surface area contributed by atoms with Gasteiger partial charge < -0.3 is 14.5 Å². The van der Waals surface area contributed by atoms with Crippen LogP contribution < -0.4 is 4.74 Å². The van der Waals surface area contributed by atoms with Crippen molar-refractivity contribution in [1.82, 2.24) is 9.80 Å². The Kier molecular flexibility index (Phi) is 5.91. The zero-order valence-corrected chi connectivity index (χ0v) is 16.1. The van der Waals surface area contributed by atoms with Gasteiger partial charge in [-0.25, -0.2) is 4.39 Å². The quantitative estimate of drug-likeness (QED) is 0.754. The Morgan fingerprint density at radius 2 is 1.68 bits per heavy atom. The standard InChI is InChI=1S/C23H27FN2O2/c24-20-9-5-18(6-10-20)17-28-22-11-7-19(8-12-22)23(27)26-15-3-4-21(26)16-25-13-1-2-14-25/h5-12,21H,1-4,13-17H2. The summed E-state index contributed by atoms with van der Waals surface area (Å²) >= 11 is 0. The monoisotopic (exact) mass is 382 g/mol. The Morgan fingerprint density at radius 1 is 0.964 bits per heavy atom. The second-order valence-corrected chi connectivity index (χ2v) is 7.74. The number of ether oxygens (including phenoxy) is 1. The summed E-state index contributed by atoms with van der Waals surface area (Å²) in [6, 6.07) is 14.0. The van der Waals surface area contributed by atoms with Gasteiger partial charge in [-0.3, -0.25) is 4.79 Å². The molecule has 0 radical (unpaired) electrons. The molecule has 5 heteroatoms. The molecule has 4 nitrogen and oxygen atoms in total. The zero-order chi connectivity index (χ0) is 19.3. The molecule has 0 spiro atoms. The molecule has 148 valence electrons. The third-order valence-electron chi connectivity index (χ3n) is 5.73. The normalized spacial score (nSPS) is 19.9. The number of benzene rings is 2. The number of hydrogen-bond donors (Lipinski definition) is 0. The van der Waals surface area contributed by atoms with Crippen LogP contribution in [0.15, 0.2) is 48.5 Å². The van der Waals surface area contributed by atoms with Crippen molar-refractivity contribution in [3.05, 3.63) is 65.5 Å². The van der Waals surface area contributed by atoms with Gasteiger partial charge in [-0.2, -0.15) is 0 Å². The van der Waals surface area contributed by atoms with E-state index in [-0.39, 0.29) is 11.7 Å². The molecule has 2 aliphatic heterocycles. The number of amides is 1. The summed E-state index contributed by atoms with van der Waals surface area (Å²) in [4.78, 5) is 17.5. The second kappa shape index (κ2) is 8.74. The first kappa shape index (κ1) is 18.9. The van der Waals surface area contributed by atoms with Gasteiger partial charge in [-0.1, -0.05) is 12.1 Å². The average molecular weight is 382 g/mol. The van der Waals surface area contributed by atoms with Crippen LogP contribution >= 0.6 is 0 Å². The van der Waals surface area contributed by atoms with E-state index in [4.69, 9.17) is 4.74 Å². The van der Waals surface area contributed by atoms with Gasteiger partial charge in [-0.05, 0) is 80.7 Å². The number of likely N-dealkylation sites (tertiary alicyclic amines) is 2. The molecule has 2 aromatic rings. The highest BCUT2D eigenvalue weighted by Gasteiger charge is 2.31. The summed E-state index contributed by atoms with van der Waals surface area (Å²) in [6.07, 6.45) is 4.74. The molecule has 2 aromatic carbocycles. The van der Waals surface area contributed by atoms with Crippen LogP contribution in [0.5, 0.6) is 5.75 Å². The average Bonchev–Trinajstić information content (AvgIpc) is 3.40. The number of hydrogen-bond acceptors (Lipinski definition) is 3. The third-order valence-corrected chi connectivity index (χ3v) is 5.73. The molecule has 0 aliphatic carbocycles. The molecular formula is C23H27FN2O2. The molecule has 28 heavy (non-hydrogen) atoms. The molecule has 2 aliphatic rings. The number of carbonyl (C=O) groups excluding carboxylic acids is 1. The fourth-order valence-corrected chi connectivity index (χ4v) is 4.16. The predicted molar refractivity (Wildman–Crippen MR) is 107 cm³/mol. The first-order valence-corrected chi connectivity index (χ1v) is 10.2. The number of halogens is 1. The minimum atomic E-state index is -0.253. The van der Waals surface area contributed by atoms with Gasteiger partial charge in [-0.15, -0.1) is 0 Å². The van der Waals surface area contributed by atoms with E-state index in [1.54, 1.807) is 12.1 Å². The van der Waals surface area contributed by atoms with Crippen LogP contribution in [-0.2, 0) is 6.61 Å². The van der Waals surface area contributed by atoms with Gasteiger partial charge in [0, 0.05) is 24.7 Å². The number of rotatable bonds is 6. The van der Waals surface area contributed by atoms with E-state index in [0.717, 1.165) is 31.5 Å². The van der Waals surface area contributed by atoms with Crippen molar-refractivity contribution in [3.63, 3.8) is 0 Å². The molecule has 0 aromatic heterocycles. The summed E-state index contributed by atoms with van der Waals surface area (Å²) in [6.45, 7) is 4.56.